The van der Waals surface area contributed by atoms with E-state index in [1.54, 1.807) is 35.0 Å². The highest BCUT2D eigenvalue weighted by atomic mass is 16.6. The zero-order valence-electron chi connectivity index (χ0n) is 10.1. The lowest BCUT2D eigenvalue weighted by atomic mass is 10.1. The summed E-state index contributed by atoms with van der Waals surface area (Å²) in [5.41, 5.74) is 0.982. The minimum Gasteiger partial charge on any atom is -0.287 e. The summed E-state index contributed by atoms with van der Waals surface area (Å²) in [6, 6.07) is 8.83. The van der Waals surface area contributed by atoms with Crippen LogP contribution < -0.4 is 4.57 Å². The van der Waals surface area contributed by atoms with Crippen molar-refractivity contribution in [2.75, 3.05) is 0 Å². The lowest BCUT2D eigenvalue weighted by Gasteiger charge is -2.00. The number of hydrogen-bond donors (Lipinski definition) is 0. The third-order valence-corrected chi connectivity index (χ3v) is 2.63. The van der Waals surface area contributed by atoms with Gasteiger partial charge in [0.05, 0.1) is 6.20 Å². The molecule has 0 amide bonds. The van der Waals surface area contributed by atoms with Crippen LogP contribution in [0.4, 0.5) is 0 Å². The molecule has 0 unspecified atom stereocenters. The van der Waals surface area contributed by atoms with Crippen LogP contribution in [0.25, 0.3) is 0 Å². The highest BCUT2D eigenvalue weighted by molar-refractivity contribution is 5.94. The lowest BCUT2D eigenvalue weighted by Crippen LogP contribution is -2.42. The summed E-state index contributed by atoms with van der Waals surface area (Å²) >= 11 is 0. The summed E-state index contributed by atoms with van der Waals surface area (Å²) in [6.07, 6.45) is 4.47. The van der Waals surface area contributed by atoms with Crippen molar-refractivity contribution in [3.8, 4) is 0 Å². The van der Waals surface area contributed by atoms with Gasteiger partial charge in [0.15, 0.2) is 6.20 Å². The van der Waals surface area contributed by atoms with Gasteiger partial charge in [-0.1, -0.05) is 30.3 Å². The first-order valence-electron chi connectivity index (χ1n) is 5.69. The highest BCUT2D eigenvalue weighted by Gasteiger charge is 2.19. The number of carbonyl (C=O) groups is 1. The van der Waals surface area contributed by atoms with Gasteiger partial charge in [-0.2, -0.15) is 4.57 Å². The number of rotatable bonds is 5. The second-order valence-corrected chi connectivity index (χ2v) is 3.98. The molecule has 0 atom stereocenters. The molecule has 19 heavy (non-hydrogen) atoms. The Morgan fingerprint density at radius 2 is 2.05 bits per heavy atom. The van der Waals surface area contributed by atoms with E-state index < -0.39 is 4.92 Å². The highest BCUT2D eigenvalue weighted by Crippen LogP contribution is 2.00. The predicted octanol–water partition coefficient (Wildman–Crippen LogP) is 1.03. The van der Waals surface area contributed by atoms with Gasteiger partial charge in [0.1, 0.15) is 6.20 Å². The summed E-state index contributed by atoms with van der Waals surface area (Å²) in [4.78, 5) is 26.0. The molecular formula is C13H12N3O3+. The first-order chi connectivity index (χ1) is 9.16. The van der Waals surface area contributed by atoms with Crippen molar-refractivity contribution >= 4 is 5.78 Å². The van der Waals surface area contributed by atoms with Crippen LogP contribution in [0, 0.1) is 10.1 Å². The molecule has 6 nitrogen and oxygen atoms in total. The molecule has 6 heteroatoms. The molecule has 96 valence electrons. The van der Waals surface area contributed by atoms with E-state index in [1.807, 2.05) is 6.07 Å². The van der Waals surface area contributed by atoms with Gasteiger partial charge in [-0.05, 0) is 0 Å². The Morgan fingerprint density at radius 3 is 2.74 bits per heavy atom. The molecule has 0 aliphatic carbocycles. The van der Waals surface area contributed by atoms with Gasteiger partial charge in [0, 0.05) is 10.5 Å². The number of Topliss-reactive ketones (excluding diaryl/α,β-unsaturated/α-hetero) is 1. The Kier molecular flexibility index (Phi) is 3.92. The monoisotopic (exact) mass is 258 g/mol. The molecule has 0 bridgehead atoms. The van der Waals surface area contributed by atoms with E-state index in [0.29, 0.717) is 11.3 Å². The van der Waals surface area contributed by atoms with E-state index in [9.17, 15) is 14.9 Å². The summed E-state index contributed by atoms with van der Waals surface area (Å²) in [7, 11) is 0. The second-order valence-electron chi connectivity index (χ2n) is 3.98. The van der Waals surface area contributed by atoms with Crippen LogP contribution in [0.5, 0.6) is 0 Å². The molecule has 1 heterocycles. The second kappa shape index (κ2) is 5.81. The standard InChI is InChI=1S/C13H12N3O3/c17-13(11-4-2-1-3-5-11)10-15-7-6-14-8-12(15)9-16(18)19/h1-8H,9-10H2/q+1. The van der Waals surface area contributed by atoms with Gasteiger partial charge in [-0.15, -0.1) is 0 Å². The van der Waals surface area contributed by atoms with Crippen LogP contribution >= 0.6 is 0 Å². The summed E-state index contributed by atoms with van der Waals surface area (Å²) in [5.74, 6) is -0.0959. The Labute approximate surface area is 109 Å². The normalized spacial score (nSPS) is 10.1. The van der Waals surface area contributed by atoms with Gasteiger partial charge < -0.3 is 0 Å². The Bertz CT molecular complexity index is 599. The fourth-order valence-corrected chi connectivity index (χ4v) is 1.71. The van der Waals surface area contributed by atoms with Crippen molar-refractivity contribution in [1.82, 2.24) is 4.98 Å². The smallest absolute Gasteiger partial charge is 0.287 e. The van der Waals surface area contributed by atoms with Crippen molar-refractivity contribution in [2.24, 2.45) is 0 Å². The molecule has 1 aromatic carbocycles. The molecule has 0 fully saturated rings. The minimum absolute atomic E-state index is 0.0652. The molecule has 1 aromatic heterocycles. The summed E-state index contributed by atoms with van der Waals surface area (Å²) < 4.78 is 1.55. The van der Waals surface area contributed by atoms with E-state index in [2.05, 4.69) is 4.98 Å². The SMILES string of the molecule is O=C(C[n+]1ccncc1C[N+](=O)[O-])c1ccccc1. The van der Waals surface area contributed by atoms with Crippen LogP contribution in [0.2, 0.25) is 0 Å². The van der Waals surface area contributed by atoms with Gasteiger partial charge >= 0.3 is 0 Å². The van der Waals surface area contributed by atoms with Gasteiger partial charge in [-0.25, -0.2) is 0 Å². The molecule has 2 rings (SSSR count). The number of nitro groups is 1. The molecule has 0 saturated heterocycles. The molecule has 0 N–H and O–H groups in total. The molecule has 0 radical (unpaired) electrons. The third-order valence-electron chi connectivity index (χ3n) is 2.63. The third kappa shape index (κ3) is 3.41. The van der Waals surface area contributed by atoms with Crippen LogP contribution in [0.15, 0.2) is 48.9 Å². The number of hydrogen-bond acceptors (Lipinski definition) is 4. The predicted molar refractivity (Wildman–Crippen MR) is 65.9 cm³/mol. The topological polar surface area (TPSA) is 77.0 Å². The molecule has 0 aliphatic heterocycles. The summed E-state index contributed by atoms with van der Waals surface area (Å²) in [6.45, 7) is -0.286. The van der Waals surface area contributed by atoms with E-state index in [0.717, 1.165) is 0 Å². The average molecular weight is 258 g/mol. The van der Waals surface area contributed by atoms with Crippen LogP contribution in [0.1, 0.15) is 16.1 Å². The zero-order chi connectivity index (χ0) is 13.7. The Hall–Kier alpha value is -2.63. The lowest BCUT2D eigenvalue weighted by molar-refractivity contribution is -0.704. The number of aromatic nitrogens is 2. The van der Waals surface area contributed by atoms with E-state index >= 15 is 0 Å². The molecule has 2 aromatic rings. The van der Waals surface area contributed by atoms with Crippen molar-refractivity contribution in [2.45, 2.75) is 13.1 Å². The molecule has 0 spiro atoms. The number of nitrogens with zero attached hydrogens (tertiary/aromatic N) is 3. The van der Waals surface area contributed by atoms with Crippen molar-refractivity contribution in [3.63, 3.8) is 0 Å². The first kappa shape index (κ1) is 12.8. The van der Waals surface area contributed by atoms with Crippen molar-refractivity contribution in [3.05, 3.63) is 70.3 Å². The Balaban J connectivity index is 2.19. The van der Waals surface area contributed by atoms with E-state index in [4.69, 9.17) is 0 Å². The first-order valence-corrected chi connectivity index (χ1v) is 5.69. The maximum atomic E-state index is 12.0. The van der Waals surface area contributed by atoms with Gasteiger partial charge in [0.25, 0.3) is 12.2 Å². The van der Waals surface area contributed by atoms with Crippen LogP contribution in [-0.4, -0.2) is 15.7 Å². The van der Waals surface area contributed by atoms with Crippen LogP contribution in [-0.2, 0) is 13.1 Å². The molecule has 0 aliphatic rings. The maximum absolute atomic E-state index is 12.0. The fourth-order valence-electron chi connectivity index (χ4n) is 1.71. The summed E-state index contributed by atoms with van der Waals surface area (Å²) in [5, 5.41) is 10.6. The van der Waals surface area contributed by atoms with E-state index in [1.165, 1.54) is 12.4 Å². The van der Waals surface area contributed by atoms with Gasteiger partial charge in [0.2, 0.25) is 12.3 Å². The largest absolute Gasteiger partial charge is 0.287 e. The van der Waals surface area contributed by atoms with E-state index in [-0.39, 0.29) is 18.9 Å². The van der Waals surface area contributed by atoms with Gasteiger partial charge in [-0.3, -0.25) is 19.9 Å². The van der Waals surface area contributed by atoms with Crippen LogP contribution in [0.3, 0.4) is 0 Å². The minimum atomic E-state index is -0.444. The van der Waals surface area contributed by atoms with Crippen molar-refractivity contribution < 1.29 is 14.3 Å². The zero-order valence-corrected chi connectivity index (χ0v) is 10.1. The molecule has 0 saturated carbocycles. The number of benzene rings is 1. The maximum Gasteiger partial charge on any atom is 0.287 e. The number of ketones is 1. The number of carbonyl (C=O) groups excluding carboxylic acids is 1. The quantitative estimate of drug-likeness (QED) is 0.347. The fraction of sp³-hybridized carbons (Fsp3) is 0.154. The average Bonchev–Trinajstić information content (AvgIpc) is 2.41. The molecular weight excluding hydrogens is 246 g/mol. The Morgan fingerprint density at radius 1 is 1.32 bits per heavy atom. The van der Waals surface area contributed by atoms with Crippen molar-refractivity contribution in [1.29, 1.82) is 0 Å².